The predicted molar refractivity (Wildman–Crippen MR) is 134 cm³/mol. The van der Waals surface area contributed by atoms with Gasteiger partial charge in [0.15, 0.2) is 5.82 Å². The third-order valence-electron chi connectivity index (χ3n) is 7.57. The number of anilines is 1. The van der Waals surface area contributed by atoms with E-state index in [1.54, 1.807) is 27.9 Å². The molecule has 0 radical (unpaired) electrons. The third kappa shape index (κ3) is 4.39. The Morgan fingerprint density at radius 3 is 2.57 bits per heavy atom. The first kappa shape index (κ1) is 23.1. The number of nitrogens with zero attached hydrogens (tertiary/aromatic N) is 3. The smallest absolute Gasteiger partial charge is 0.274 e. The van der Waals surface area contributed by atoms with Crippen molar-refractivity contribution in [1.29, 1.82) is 0 Å². The Morgan fingerprint density at radius 1 is 1.06 bits per heavy atom. The lowest BCUT2D eigenvalue weighted by Crippen LogP contribution is -3.13. The number of aryl methyl sites for hydroxylation is 2. The largest absolute Gasteiger partial charge is 0.322 e. The Balaban J connectivity index is 1.10. The summed E-state index contributed by atoms with van der Waals surface area (Å²) in [5.74, 6) is 1.70. The summed E-state index contributed by atoms with van der Waals surface area (Å²) >= 11 is 1.70. The van der Waals surface area contributed by atoms with E-state index in [0.29, 0.717) is 24.5 Å². The first-order valence-electron chi connectivity index (χ1n) is 12.6. The zero-order chi connectivity index (χ0) is 24.0. The van der Waals surface area contributed by atoms with Gasteiger partial charge < -0.3 is 9.88 Å². The molecule has 3 aromatic heterocycles. The summed E-state index contributed by atoms with van der Waals surface area (Å²) in [6.07, 6.45) is 7.90. The number of aromatic amines is 2. The molecule has 2 fully saturated rings. The van der Waals surface area contributed by atoms with Gasteiger partial charge in [0.1, 0.15) is 48.6 Å². The number of sulfonamides is 1. The van der Waals surface area contributed by atoms with Gasteiger partial charge in [0.05, 0.1) is 5.39 Å². The van der Waals surface area contributed by atoms with Crippen molar-refractivity contribution in [3.05, 3.63) is 44.9 Å². The highest BCUT2D eigenvalue weighted by Crippen LogP contribution is 2.33. The molecule has 0 saturated carbocycles. The van der Waals surface area contributed by atoms with Crippen LogP contribution in [-0.2, 0) is 29.4 Å². The number of piperazine rings is 1. The van der Waals surface area contributed by atoms with Crippen molar-refractivity contribution >= 4 is 37.4 Å². The van der Waals surface area contributed by atoms with Crippen molar-refractivity contribution in [2.75, 3.05) is 44.2 Å². The average Bonchev–Trinajstić information content (AvgIpc) is 3.53. The number of aromatic nitrogens is 3. The van der Waals surface area contributed by atoms with Crippen LogP contribution in [0.25, 0.3) is 10.2 Å². The fourth-order valence-electron chi connectivity index (χ4n) is 5.61. The maximum Gasteiger partial charge on any atom is 0.274 e. The number of thiophene rings is 1. The zero-order valence-electron chi connectivity index (χ0n) is 19.8. The normalized spacial score (nSPS) is 19.9. The van der Waals surface area contributed by atoms with Crippen molar-refractivity contribution < 1.29 is 18.3 Å². The molecule has 1 aliphatic carbocycles. The van der Waals surface area contributed by atoms with Gasteiger partial charge in [-0.3, -0.25) is 9.69 Å². The van der Waals surface area contributed by atoms with Crippen LogP contribution in [0.4, 0.5) is 5.82 Å². The fraction of sp³-hybridized carbons (Fsp3) is 0.542. The van der Waals surface area contributed by atoms with Crippen LogP contribution in [0.15, 0.2) is 28.0 Å². The van der Waals surface area contributed by atoms with Gasteiger partial charge in [-0.25, -0.2) is 18.4 Å². The molecule has 0 spiro atoms. The number of nitrogens with one attached hydrogen (secondary N) is 3. The molecule has 186 valence electrons. The number of hydrogen-bond donors (Lipinski definition) is 2. The Hall–Kier alpha value is -2.34. The van der Waals surface area contributed by atoms with E-state index in [1.165, 1.54) is 21.8 Å². The number of rotatable bonds is 5. The van der Waals surface area contributed by atoms with Gasteiger partial charge in [-0.05, 0) is 50.2 Å². The van der Waals surface area contributed by atoms with E-state index in [4.69, 9.17) is 4.98 Å². The molecule has 2 aliphatic heterocycles. The topological polar surface area (TPSA) is 105 Å². The molecule has 35 heavy (non-hydrogen) atoms. The first-order valence-corrected chi connectivity index (χ1v) is 14.9. The first-order chi connectivity index (χ1) is 17.0. The van der Waals surface area contributed by atoms with Crippen molar-refractivity contribution in [3.8, 4) is 0 Å². The molecule has 5 heterocycles. The van der Waals surface area contributed by atoms with Crippen LogP contribution in [0.5, 0.6) is 0 Å². The molecule has 3 aliphatic rings. The Bertz CT molecular complexity index is 1390. The van der Waals surface area contributed by atoms with Crippen molar-refractivity contribution in [1.82, 2.24) is 14.3 Å². The standard InChI is InChI=1S/C24H30N6O3S2/c31-23-22-18-5-1-2-6-19(18)34-24(22)27-20(26-23)16-28-11-13-29(14-12-28)21-8-7-17(15-25-21)35(32,33)30-9-3-4-10-30/h7-8,15H,1-6,9-14,16H2,(H,26,27,31)/p+2. The molecule has 3 aromatic rings. The number of pyridine rings is 1. The van der Waals surface area contributed by atoms with Gasteiger partial charge in [-0.2, -0.15) is 4.31 Å². The summed E-state index contributed by atoms with van der Waals surface area (Å²) in [6, 6.07) is 3.59. The van der Waals surface area contributed by atoms with Crippen LogP contribution in [0.3, 0.4) is 0 Å². The third-order valence-corrected chi connectivity index (χ3v) is 10.7. The minimum atomic E-state index is -3.41. The zero-order valence-corrected chi connectivity index (χ0v) is 21.4. The molecule has 9 nitrogen and oxygen atoms in total. The van der Waals surface area contributed by atoms with Gasteiger partial charge in [0.2, 0.25) is 10.0 Å². The monoisotopic (exact) mass is 516 g/mol. The van der Waals surface area contributed by atoms with Crippen LogP contribution < -0.4 is 20.3 Å². The summed E-state index contributed by atoms with van der Waals surface area (Å²) in [6.45, 7) is 5.47. The second kappa shape index (κ2) is 9.27. The maximum absolute atomic E-state index is 12.8. The number of fused-ring (bicyclic) bond motifs is 3. The van der Waals surface area contributed by atoms with Crippen LogP contribution in [0.1, 0.15) is 41.9 Å². The Kier molecular flexibility index (Phi) is 6.11. The molecular weight excluding hydrogens is 484 g/mol. The molecule has 2 saturated heterocycles. The second-order valence-electron chi connectivity index (χ2n) is 9.84. The quantitative estimate of drug-likeness (QED) is 0.510. The summed E-state index contributed by atoms with van der Waals surface area (Å²) in [5, 5.41) is 0.819. The van der Waals surface area contributed by atoms with Gasteiger partial charge in [-0.15, -0.1) is 11.3 Å². The highest BCUT2D eigenvalue weighted by molar-refractivity contribution is 7.89. The minimum Gasteiger partial charge on any atom is -0.322 e. The summed E-state index contributed by atoms with van der Waals surface area (Å²) in [4.78, 5) is 30.1. The van der Waals surface area contributed by atoms with Crippen molar-refractivity contribution in [2.45, 2.75) is 50.0 Å². The van der Waals surface area contributed by atoms with Gasteiger partial charge in [0.25, 0.3) is 11.4 Å². The Morgan fingerprint density at radius 2 is 1.83 bits per heavy atom. The van der Waals surface area contributed by atoms with E-state index in [2.05, 4.69) is 14.9 Å². The molecule has 0 amide bonds. The number of hydrogen-bond acceptors (Lipinski definition) is 6. The van der Waals surface area contributed by atoms with E-state index in [9.17, 15) is 13.2 Å². The van der Waals surface area contributed by atoms with E-state index in [0.717, 1.165) is 80.1 Å². The SMILES string of the molecule is O=c1[nH]c(C[NH+]2CCN(c3ccc(S(=O)(=O)N4CCCC4)c[nH+]3)CC2)nc2sc3c(c12)CCCC3. The van der Waals surface area contributed by atoms with Crippen LogP contribution in [0, 0.1) is 0 Å². The molecule has 6 rings (SSSR count). The second-order valence-corrected chi connectivity index (χ2v) is 12.9. The van der Waals surface area contributed by atoms with Gasteiger partial charge in [-0.1, -0.05) is 0 Å². The van der Waals surface area contributed by atoms with E-state index < -0.39 is 10.0 Å². The molecule has 0 bridgehead atoms. The number of quaternary nitrogens is 1. The molecule has 0 atom stereocenters. The van der Waals surface area contributed by atoms with Crippen molar-refractivity contribution in [2.24, 2.45) is 0 Å². The highest BCUT2D eigenvalue weighted by atomic mass is 32.2. The van der Waals surface area contributed by atoms with E-state index in [1.807, 2.05) is 6.07 Å². The number of H-pyrrole nitrogens is 2. The summed E-state index contributed by atoms with van der Waals surface area (Å²) in [7, 11) is -3.41. The molecule has 0 aromatic carbocycles. The molecule has 3 N–H and O–H groups in total. The predicted octanol–water partition coefficient (Wildman–Crippen LogP) is 0.367. The van der Waals surface area contributed by atoms with Gasteiger partial charge in [0, 0.05) is 24.0 Å². The molecule has 11 heteroatoms. The Labute approximate surface area is 208 Å². The lowest BCUT2D eigenvalue weighted by Gasteiger charge is -2.28. The van der Waals surface area contributed by atoms with Crippen LogP contribution in [0.2, 0.25) is 0 Å². The molecule has 0 unspecified atom stereocenters. The fourth-order valence-corrected chi connectivity index (χ4v) is 8.37. The van der Waals surface area contributed by atoms with Crippen molar-refractivity contribution in [3.63, 3.8) is 0 Å². The molecular formula is C24H32N6O3S2+2. The minimum absolute atomic E-state index is 0.0148. The lowest BCUT2D eigenvalue weighted by molar-refractivity contribution is -0.915. The maximum atomic E-state index is 12.8. The van der Waals surface area contributed by atoms with Crippen LogP contribution in [-0.4, -0.2) is 62.0 Å². The average molecular weight is 517 g/mol. The summed E-state index contributed by atoms with van der Waals surface area (Å²) < 4.78 is 27.1. The van der Waals surface area contributed by atoms with E-state index >= 15 is 0 Å². The van der Waals surface area contributed by atoms with Crippen LogP contribution >= 0.6 is 11.3 Å². The highest BCUT2D eigenvalue weighted by Gasteiger charge is 2.30. The lowest BCUT2D eigenvalue weighted by atomic mass is 9.97. The summed E-state index contributed by atoms with van der Waals surface area (Å²) in [5.41, 5.74) is 1.24. The van der Waals surface area contributed by atoms with Gasteiger partial charge >= 0.3 is 0 Å². The van der Waals surface area contributed by atoms with E-state index in [-0.39, 0.29) is 5.56 Å².